The lowest BCUT2D eigenvalue weighted by molar-refractivity contribution is 0.197. The van der Waals surface area contributed by atoms with Gasteiger partial charge in [0.25, 0.3) is 0 Å². The standard InChI is InChI=1S/C19H28N2O2S/c1-19(2,3)10-13-21-11-8-15(9-12-21)24(22,23)18-14-20-17-7-5-4-6-16(17)18/h4-7,14-15,20H,8-13H2,1-3H3. The van der Waals surface area contributed by atoms with Gasteiger partial charge in [-0.15, -0.1) is 0 Å². The fourth-order valence-corrected chi connectivity index (χ4v) is 5.29. The first-order valence-corrected chi connectivity index (χ1v) is 10.3. The molecule has 1 aromatic heterocycles. The van der Waals surface area contributed by atoms with E-state index >= 15 is 0 Å². The second kappa shape index (κ2) is 6.52. The van der Waals surface area contributed by atoms with Crippen LogP contribution in [0.25, 0.3) is 10.9 Å². The van der Waals surface area contributed by atoms with E-state index in [2.05, 4.69) is 30.7 Å². The zero-order valence-electron chi connectivity index (χ0n) is 14.9. The third-order valence-electron chi connectivity index (χ3n) is 5.01. The number of nitrogens with zero attached hydrogens (tertiary/aromatic N) is 1. The van der Waals surface area contributed by atoms with Gasteiger partial charge in [-0.3, -0.25) is 0 Å². The molecule has 0 radical (unpaired) electrons. The number of sulfone groups is 1. The number of H-pyrrole nitrogens is 1. The van der Waals surface area contributed by atoms with Gasteiger partial charge in [0.15, 0.2) is 9.84 Å². The highest BCUT2D eigenvalue weighted by atomic mass is 32.2. The molecule has 1 N–H and O–H groups in total. The highest BCUT2D eigenvalue weighted by Crippen LogP contribution is 2.30. The predicted molar refractivity (Wildman–Crippen MR) is 99.0 cm³/mol. The van der Waals surface area contributed by atoms with Crippen molar-refractivity contribution in [1.29, 1.82) is 0 Å². The van der Waals surface area contributed by atoms with E-state index in [1.807, 2.05) is 24.3 Å². The largest absolute Gasteiger partial charge is 0.360 e. The molecule has 1 aliphatic heterocycles. The van der Waals surface area contributed by atoms with Gasteiger partial charge >= 0.3 is 0 Å². The molecular weight excluding hydrogens is 320 g/mol. The van der Waals surface area contributed by atoms with Gasteiger partial charge in [-0.05, 0) is 50.4 Å². The predicted octanol–water partition coefficient (Wildman–Crippen LogP) is 3.84. The van der Waals surface area contributed by atoms with Crippen molar-refractivity contribution in [1.82, 2.24) is 9.88 Å². The molecule has 132 valence electrons. The number of rotatable bonds is 4. The van der Waals surface area contributed by atoms with Crippen LogP contribution in [0.5, 0.6) is 0 Å². The van der Waals surface area contributed by atoms with Crippen molar-refractivity contribution in [3.05, 3.63) is 30.5 Å². The van der Waals surface area contributed by atoms with Gasteiger partial charge < -0.3 is 9.88 Å². The van der Waals surface area contributed by atoms with Crippen LogP contribution in [0.2, 0.25) is 0 Å². The zero-order valence-corrected chi connectivity index (χ0v) is 15.7. The van der Waals surface area contributed by atoms with E-state index in [4.69, 9.17) is 0 Å². The SMILES string of the molecule is CC(C)(C)CCN1CCC(S(=O)(=O)c2c[nH]c3ccccc23)CC1. The Labute approximate surface area is 145 Å². The van der Waals surface area contributed by atoms with Crippen molar-refractivity contribution in [2.24, 2.45) is 5.41 Å². The van der Waals surface area contributed by atoms with Crippen LogP contribution in [0.1, 0.15) is 40.0 Å². The van der Waals surface area contributed by atoms with Crippen LogP contribution < -0.4 is 0 Å². The third kappa shape index (κ3) is 3.67. The Morgan fingerprint density at radius 1 is 1.17 bits per heavy atom. The second-order valence-corrected chi connectivity index (χ2v) is 10.3. The number of nitrogens with one attached hydrogen (secondary N) is 1. The second-order valence-electron chi connectivity index (χ2n) is 8.10. The third-order valence-corrected chi connectivity index (χ3v) is 7.31. The van der Waals surface area contributed by atoms with Crippen LogP contribution in [0.3, 0.4) is 0 Å². The number of piperidine rings is 1. The lowest BCUT2D eigenvalue weighted by atomic mass is 9.92. The maximum Gasteiger partial charge on any atom is 0.183 e. The van der Waals surface area contributed by atoms with Gasteiger partial charge in [0.1, 0.15) is 0 Å². The summed E-state index contributed by atoms with van der Waals surface area (Å²) >= 11 is 0. The summed E-state index contributed by atoms with van der Waals surface area (Å²) in [6.07, 6.45) is 4.26. The Bertz CT molecular complexity index is 794. The molecule has 1 aromatic carbocycles. The normalized spacial score (nSPS) is 18.3. The molecule has 4 nitrogen and oxygen atoms in total. The van der Waals surface area contributed by atoms with Gasteiger partial charge in [0, 0.05) is 17.1 Å². The van der Waals surface area contributed by atoms with E-state index in [1.165, 1.54) is 0 Å². The molecule has 2 heterocycles. The molecule has 0 saturated carbocycles. The van der Waals surface area contributed by atoms with Crippen LogP contribution in [-0.2, 0) is 9.84 Å². The van der Waals surface area contributed by atoms with Crippen LogP contribution in [0, 0.1) is 5.41 Å². The number of likely N-dealkylation sites (tertiary alicyclic amines) is 1. The fourth-order valence-electron chi connectivity index (χ4n) is 3.40. The van der Waals surface area contributed by atoms with Crippen molar-refractivity contribution < 1.29 is 8.42 Å². The maximum absolute atomic E-state index is 13.0. The number of benzene rings is 1. The molecule has 0 atom stereocenters. The number of aromatic nitrogens is 1. The molecule has 0 spiro atoms. The van der Waals surface area contributed by atoms with Crippen molar-refractivity contribution in [3.8, 4) is 0 Å². The first kappa shape index (κ1) is 17.5. The quantitative estimate of drug-likeness (QED) is 0.913. The van der Waals surface area contributed by atoms with E-state index in [0.717, 1.165) is 49.8 Å². The maximum atomic E-state index is 13.0. The zero-order chi connectivity index (χ0) is 17.4. The number of fused-ring (bicyclic) bond motifs is 1. The Balaban J connectivity index is 1.69. The van der Waals surface area contributed by atoms with Gasteiger partial charge in [0.2, 0.25) is 0 Å². The van der Waals surface area contributed by atoms with E-state index in [9.17, 15) is 8.42 Å². The smallest absolute Gasteiger partial charge is 0.183 e. The van der Waals surface area contributed by atoms with E-state index in [1.54, 1.807) is 6.20 Å². The summed E-state index contributed by atoms with van der Waals surface area (Å²) < 4.78 is 26.1. The number of para-hydroxylation sites is 1. The summed E-state index contributed by atoms with van der Waals surface area (Å²) in [7, 11) is -3.27. The molecule has 0 aliphatic carbocycles. The molecule has 0 amide bonds. The first-order valence-electron chi connectivity index (χ1n) is 8.80. The first-order chi connectivity index (χ1) is 11.3. The molecule has 1 aliphatic rings. The van der Waals surface area contributed by atoms with Gasteiger partial charge in [0.05, 0.1) is 10.1 Å². The summed E-state index contributed by atoms with van der Waals surface area (Å²) in [5.41, 5.74) is 1.21. The lowest BCUT2D eigenvalue weighted by Gasteiger charge is -2.33. The number of hydrogen-bond donors (Lipinski definition) is 1. The Kier molecular flexibility index (Phi) is 4.76. The molecule has 1 fully saturated rings. The van der Waals surface area contributed by atoms with Crippen molar-refractivity contribution in [3.63, 3.8) is 0 Å². The monoisotopic (exact) mass is 348 g/mol. The molecule has 0 bridgehead atoms. The van der Waals surface area contributed by atoms with Crippen molar-refractivity contribution in [2.45, 2.75) is 50.2 Å². The van der Waals surface area contributed by atoms with Crippen LogP contribution in [-0.4, -0.2) is 43.2 Å². The summed E-state index contributed by atoms with van der Waals surface area (Å²) in [6, 6.07) is 7.62. The minimum Gasteiger partial charge on any atom is -0.360 e. The highest BCUT2D eigenvalue weighted by molar-refractivity contribution is 7.92. The van der Waals surface area contributed by atoms with E-state index in [-0.39, 0.29) is 5.25 Å². The Morgan fingerprint density at radius 2 is 1.83 bits per heavy atom. The van der Waals surface area contributed by atoms with Crippen molar-refractivity contribution >= 4 is 20.7 Å². The summed E-state index contributed by atoms with van der Waals surface area (Å²) in [6.45, 7) is 9.57. The Morgan fingerprint density at radius 3 is 2.50 bits per heavy atom. The van der Waals surface area contributed by atoms with Crippen LogP contribution in [0.15, 0.2) is 35.4 Å². The van der Waals surface area contributed by atoms with Crippen molar-refractivity contribution in [2.75, 3.05) is 19.6 Å². The minimum atomic E-state index is -3.27. The van der Waals surface area contributed by atoms with E-state index < -0.39 is 9.84 Å². The average Bonchev–Trinajstić information content (AvgIpc) is 2.97. The Hall–Kier alpha value is -1.33. The molecule has 1 saturated heterocycles. The average molecular weight is 349 g/mol. The summed E-state index contributed by atoms with van der Waals surface area (Å²) in [5.74, 6) is 0. The lowest BCUT2D eigenvalue weighted by Crippen LogP contribution is -2.40. The molecule has 24 heavy (non-hydrogen) atoms. The molecule has 2 aromatic rings. The summed E-state index contributed by atoms with van der Waals surface area (Å²) in [4.78, 5) is 5.96. The number of aromatic amines is 1. The van der Waals surface area contributed by atoms with Gasteiger partial charge in [-0.1, -0.05) is 39.0 Å². The van der Waals surface area contributed by atoms with Crippen LogP contribution >= 0.6 is 0 Å². The number of hydrogen-bond acceptors (Lipinski definition) is 3. The topological polar surface area (TPSA) is 53.2 Å². The molecular formula is C19H28N2O2S. The minimum absolute atomic E-state index is 0.261. The van der Waals surface area contributed by atoms with Crippen LogP contribution in [0.4, 0.5) is 0 Å². The van der Waals surface area contributed by atoms with E-state index in [0.29, 0.717) is 10.3 Å². The molecule has 3 rings (SSSR count). The molecule has 0 unspecified atom stereocenters. The van der Waals surface area contributed by atoms with Gasteiger partial charge in [-0.2, -0.15) is 0 Å². The van der Waals surface area contributed by atoms with Gasteiger partial charge in [-0.25, -0.2) is 8.42 Å². The fraction of sp³-hybridized carbons (Fsp3) is 0.579. The highest BCUT2D eigenvalue weighted by Gasteiger charge is 2.33. The molecule has 5 heteroatoms. The summed E-state index contributed by atoms with van der Waals surface area (Å²) in [5, 5.41) is 0.551.